The highest BCUT2D eigenvalue weighted by Gasteiger charge is 2.05. The minimum atomic E-state index is -0.533. The third kappa shape index (κ3) is 2.72. The topological polar surface area (TPSA) is 35.8 Å². The van der Waals surface area contributed by atoms with Crippen molar-refractivity contribution in [2.24, 2.45) is 0 Å². The molecule has 1 rings (SSSR count). The van der Waals surface area contributed by atoms with E-state index < -0.39 is 5.82 Å². The molecule has 0 aliphatic heterocycles. The molecule has 0 heterocycles. The van der Waals surface area contributed by atoms with Crippen LogP contribution in [0, 0.1) is 29.5 Å². The van der Waals surface area contributed by atoms with Crippen LogP contribution in [-0.4, -0.2) is 6.04 Å². The Balaban J connectivity index is 2.86. The standard InChI is InChI=1S/C12H11FN2/c1-3-10(4-2)15-11-6-5-9(8-14)12(13)7-11/h1,5-7,10,15H,4H2,2H3. The maximum atomic E-state index is 13.2. The van der Waals surface area contributed by atoms with Crippen molar-refractivity contribution < 1.29 is 4.39 Å². The van der Waals surface area contributed by atoms with Crippen molar-refractivity contribution in [1.82, 2.24) is 0 Å². The minimum absolute atomic E-state index is 0.0364. The molecule has 76 valence electrons. The van der Waals surface area contributed by atoms with Gasteiger partial charge in [0.15, 0.2) is 0 Å². The molecular weight excluding hydrogens is 191 g/mol. The molecule has 15 heavy (non-hydrogen) atoms. The van der Waals surface area contributed by atoms with E-state index in [9.17, 15) is 4.39 Å². The van der Waals surface area contributed by atoms with Gasteiger partial charge in [-0.15, -0.1) is 6.42 Å². The lowest BCUT2D eigenvalue weighted by Crippen LogP contribution is -2.15. The second-order valence-corrected chi connectivity index (χ2v) is 3.08. The number of nitrogens with zero attached hydrogens (tertiary/aromatic N) is 1. The summed E-state index contributed by atoms with van der Waals surface area (Å²) >= 11 is 0. The smallest absolute Gasteiger partial charge is 0.143 e. The van der Waals surface area contributed by atoms with Crippen molar-refractivity contribution in [2.45, 2.75) is 19.4 Å². The van der Waals surface area contributed by atoms with E-state index in [2.05, 4.69) is 11.2 Å². The fraction of sp³-hybridized carbons (Fsp3) is 0.250. The Bertz CT molecular complexity index is 426. The van der Waals surface area contributed by atoms with Gasteiger partial charge in [0.2, 0.25) is 0 Å². The highest BCUT2D eigenvalue weighted by molar-refractivity contribution is 5.49. The highest BCUT2D eigenvalue weighted by Crippen LogP contribution is 2.15. The van der Waals surface area contributed by atoms with E-state index >= 15 is 0 Å². The zero-order valence-corrected chi connectivity index (χ0v) is 8.42. The first-order valence-corrected chi connectivity index (χ1v) is 4.63. The van der Waals surface area contributed by atoms with E-state index in [1.807, 2.05) is 6.92 Å². The third-order valence-electron chi connectivity index (χ3n) is 2.04. The number of benzene rings is 1. The van der Waals surface area contributed by atoms with Crippen molar-refractivity contribution in [3.8, 4) is 18.4 Å². The normalized spacial score (nSPS) is 11.2. The van der Waals surface area contributed by atoms with Crippen LogP contribution in [0.25, 0.3) is 0 Å². The summed E-state index contributed by atoms with van der Waals surface area (Å²) in [7, 11) is 0. The van der Waals surface area contributed by atoms with Gasteiger partial charge in [-0.3, -0.25) is 0 Å². The number of hydrogen-bond acceptors (Lipinski definition) is 2. The molecule has 0 saturated heterocycles. The fourth-order valence-electron chi connectivity index (χ4n) is 1.16. The van der Waals surface area contributed by atoms with Crippen LogP contribution in [0.5, 0.6) is 0 Å². The van der Waals surface area contributed by atoms with Crippen molar-refractivity contribution in [1.29, 1.82) is 5.26 Å². The predicted octanol–water partition coefficient (Wildman–Crippen LogP) is 2.52. The minimum Gasteiger partial charge on any atom is -0.371 e. The van der Waals surface area contributed by atoms with Crippen LogP contribution in [0.1, 0.15) is 18.9 Å². The van der Waals surface area contributed by atoms with E-state index in [4.69, 9.17) is 11.7 Å². The Morgan fingerprint density at radius 3 is 2.80 bits per heavy atom. The first kappa shape index (κ1) is 11.1. The molecule has 1 N–H and O–H groups in total. The predicted molar refractivity (Wildman–Crippen MR) is 57.6 cm³/mol. The number of anilines is 1. The van der Waals surface area contributed by atoms with E-state index in [1.165, 1.54) is 12.1 Å². The molecule has 0 aliphatic rings. The zero-order chi connectivity index (χ0) is 11.3. The molecule has 1 atom stereocenters. The average Bonchev–Trinajstić information content (AvgIpc) is 2.26. The molecule has 0 radical (unpaired) electrons. The van der Waals surface area contributed by atoms with E-state index in [-0.39, 0.29) is 11.6 Å². The van der Waals surface area contributed by atoms with Crippen LogP contribution in [0.3, 0.4) is 0 Å². The summed E-state index contributed by atoms with van der Waals surface area (Å²) in [5, 5.41) is 11.5. The Morgan fingerprint density at radius 1 is 1.60 bits per heavy atom. The molecule has 0 fully saturated rings. The second-order valence-electron chi connectivity index (χ2n) is 3.08. The SMILES string of the molecule is C#CC(CC)Nc1ccc(C#N)c(F)c1. The number of halogens is 1. The maximum absolute atomic E-state index is 13.2. The van der Waals surface area contributed by atoms with Gasteiger partial charge in [0.1, 0.15) is 11.9 Å². The molecule has 0 spiro atoms. The Morgan fingerprint density at radius 2 is 2.33 bits per heavy atom. The lowest BCUT2D eigenvalue weighted by atomic mass is 10.2. The summed E-state index contributed by atoms with van der Waals surface area (Å²) < 4.78 is 13.2. The molecule has 0 bridgehead atoms. The van der Waals surface area contributed by atoms with Gasteiger partial charge in [-0.05, 0) is 24.6 Å². The number of terminal acetylenes is 1. The first-order chi connectivity index (χ1) is 7.21. The highest BCUT2D eigenvalue weighted by atomic mass is 19.1. The molecule has 1 aromatic rings. The lowest BCUT2D eigenvalue weighted by Gasteiger charge is -2.12. The summed E-state index contributed by atoms with van der Waals surface area (Å²) in [5.74, 6) is 2.02. The van der Waals surface area contributed by atoms with E-state index in [0.29, 0.717) is 5.69 Å². The molecule has 0 amide bonds. The van der Waals surface area contributed by atoms with E-state index in [1.54, 1.807) is 12.1 Å². The average molecular weight is 202 g/mol. The van der Waals surface area contributed by atoms with Crippen LogP contribution < -0.4 is 5.32 Å². The van der Waals surface area contributed by atoms with Gasteiger partial charge in [-0.25, -0.2) is 4.39 Å². The maximum Gasteiger partial charge on any atom is 0.143 e. The van der Waals surface area contributed by atoms with Gasteiger partial charge in [-0.1, -0.05) is 12.8 Å². The summed E-state index contributed by atoms with van der Waals surface area (Å²) in [6.45, 7) is 1.94. The van der Waals surface area contributed by atoms with Gasteiger partial charge in [0, 0.05) is 5.69 Å². The Kier molecular flexibility index (Phi) is 3.71. The Hall–Kier alpha value is -2.00. The van der Waals surface area contributed by atoms with Crippen LogP contribution in [0.4, 0.5) is 10.1 Å². The van der Waals surface area contributed by atoms with Crippen LogP contribution >= 0.6 is 0 Å². The van der Waals surface area contributed by atoms with Gasteiger partial charge < -0.3 is 5.32 Å². The third-order valence-corrected chi connectivity index (χ3v) is 2.04. The fourth-order valence-corrected chi connectivity index (χ4v) is 1.16. The second kappa shape index (κ2) is 5.02. The molecule has 0 saturated carbocycles. The Labute approximate surface area is 88.7 Å². The summed E-state index contributed by atoms with van der Waals surface area (Å²) in [5.41, 5.74) is 0.630. The number of rotatable bonds is 3. The van der Waals surface area contributed by atoms with Crippen molar-refractivity contribution in [2.75, 3.05) is 5.32 Å². The van der Waals surface area contributed by atoms with Crippen molar-refractivity contribution >= 4 is 5.69 Å². The van der Waals surface area contributed by atoms with Crippen LogP contribution in [0.15, 0.2) is 18.2 Å². The quantitative estimate of drug-likeness (QED) is 0.764. The van der Waals surface area contributed by atoms with Gasteiger partial charge in [0.25, 0.3) is 0 Å². The largest absolute Gasteiger partial charge is 0.371 e. The van der Waals surface area contributed by atoms with E-state index in [0.717, 1.165) is 6.42 Å². The number of nitriles is 1. The van der Waals surface area contributed by atoms with Gasteiger partial charge >= 0.3 is 0 Å². The summed E-state index contributed by atoms with van der Waals surface area (Å²) in [6.07, 6.45) is 6.03. The molecule has 2 nitrogen and oxygen atoms in total. The van der Waals surface area contributed by atoms with Crippen molar-refractivity contribution in [3.63, 3.8) is 0 Å². The number of nitrogens with one attached hydrogen (secondary N) is 1. The molecule has 1 aromatic carbocycles. The molecular formula is C12H11FN2. The van der Waals surface area contributed by atoms with Gasteiger partial charge in [-0.2, -0.15) is 5.26 Å². The zero-order valence-electron chi connectivity index (χ0n) is 8.42. The summed E-state index contributed by atoms with van der Waals surface area (Å²) in [4.78, 5) is 0. The lowest BCUT2D eigenvalue weighted by molar-refractivity contribution is 0.624. The number of hydrogen-bond donors (Lipinski definition) is 1. The van der Waals surface area contributed by atoms with Crippen molar-refractivity contribution in [3.05, 3.63) is 29.6 Å². The molecule has 0 aliphatic carbocycles. The van der Waals surface area contributed by atoms with Crippen LogP contribution in [-0.2, 0) is 0 Å². The van der Waals surface area contributed by atoms with Crippen LogP contribution in [0.2, 0.25) is 0 Å². The summed E-state index contributed by atoms with van der Waals surface area (Å²) in [6, 6.07) is 6.00. The molecule has 0 aromatic heterocycles. The monoisotopic (exact) mass is 202 g/mol. The van der Waals surface area contributed by atoms with Gasteiger partial charge in [0.05, 0.1) is 11.6 Å². The first-order valence-electron chi connectivity index (χ1n) is 4.63. The molecule has 1 unspecified atom stereocenters. The molecule has 3 heteroatoms.